The van der Waals surface area contributed by atoms with Crippen molar-refractivity contribution in [1.29, 1.82) is 0 Å². The Morgan fingerprint density at radius 3 is 1.27 bits per heavy atom. The van der Waals surface area contributed by atoms with Crippen LogP contribution in [0.5, 0.6) is 0 Å². The molecule has 0 fully saturated rings. The van der Waals surface area contributed by atoms with E-state index in [1.54, 1.807) is 91.0 Å². The second-order valence-corrected chi connectivity index (χ2v) is 5.38. The van der Waals surface area contributed by atoms with E-state index in [-0.39, 0.29) is 16.7 Å². The summed E-state index contributed by atoms with van der Waals surface area (Å²) in [5.74, 6) is -2.23. The van der Waals surface area contributed by atoms with E-state index in [1.165, 1.54) is 0 Å². The standard InChI is InChI=1S/C21H15NO4/c23-19(16-10-4-1-5-11-16)22(20(24)17-12-6-2-7-13-17)26-21(25)18-14-8-3-9-15-18/h1-15H. The normalized spacial score (nSPS) is 10.0. The average molecular weight is 345 g/mol. The number of carbonyl (C=O) groups is 3. The summed E-state index contributed by atoms with van der Waals surface area (Å²) in [5.41, 5.74) is 0.703. The fourth-order valence-electron chi connectivity index (χ4n) is 2.28. The molecule has 26 heavy (non-hydrogen) atoms. The predicted octanol–water partition coefficient (Wildman–Crippen LogP) is 3.74. The minimum atomic E-state index is -0.792. The van der Waals surface area contributed by atoms with Gasteiger partial charge in [0.1, 0.15) is 0 Å². The molecule has 3 aromatic carbocycles. The van der Waals surface area contributed by atoms with Crippen molar-refractivity contribution in [3.05, 3.63) is 108 Å². The van der Waals surface area contributed by atoms with Crippen molar-refractivity contribution in [2.24, 2.45) is 0 Å². The molecule has 0 aromatic heterocycles. The molecule has 0 aliphatic rings. The first-order chi connectivity index (χ1) is 12.7. The molecule has 0 saturated carbocycles. The van der Waals surface area contributed by atoms with Gasteiger partial charge in [0, 0.05) is 11.1 Å². The Bertz CT molecular complexity index is 857. The highest BCUT2D eigenvalue weighted by atomic mass is 16.7. The van der Waals surface area contributed by atoms with Crippen LogP contribution in [-0.4, -0.2) is 22.8 Å². The first kappa shape index (κ1) is 17.1. The van der Waals surface area contributed by atoms with E-state index in [9.17, 15) is 14.4 Å². The lowest BCUT2D eigenvalue weighted by Gasteiger charge is -2.19. The third-order valence-corrected chi connectivity index (χ3v) is 3.59. The lowest BCUT2D eigenvalue weighted by atomic mass is 10.2. The van der Waals surface area contributed by atoms with Crippen LogP contribution in [0.2, 0.25) is 0 Å². The molecule has 5 nitrogen and oxygen atoms in total. The van der Waals surface area contributed by atoms with Crippen molar-refractivity contribution < 1.29 is 19.2 Å². The Labute approximate surface area is 150 Å². The van der Waals surface area contributed by atoms with E-state index in [4.69, 9.17) is 4.84 Å². The molecule has 0 unspecified atom stereocenters. The van der Waals surface area contributed by atoms with Crippen LogP contribution in [0.15, 0.2) is 91.0 Å². The molecule has 0 saturated heterocycles. The fraction of sp³-hybridized carbons (Fsp3) is 0. The van der Waals surface area contributed by atoms with Crippen molar-refractivity contribution in [3.63, 3.8) is 0 Å². The Kier molecular flexibility index (Phi) is 5.19. The number of benzene rings is 3. The number of hydroxylamine groups is 2. The van der Waals surface area contributed by atoms with E-state index < -0.39 is 17.8 Å². The second-order valence-electron chi connectivity index (χ2n) is 5.38. The third-order valence-electron chi connectivity index (χ3n) is 3.59. The molecule has 5 heteroatoms. The number of rotatable bonds is 3. The van der Waals surface area contributed by atoms with E-state index in [0.29, 0.717) is 5.06 Å². The molecule has 0 spiro atoms. The Morgan fingerprint density at radius 2 is 0.885 bits per heavy atom. The Morgan fingerprint density at radius 1 is 0.538 bits per heavy atom. The van der Waals surface area contributed by atoms with Crippen LogP contribution >= 0.6 is 0 Å². The van der Waals surface area contributed by atoms with Crippen molar-refractivity contribution >= 4 is 17.8 Å². The molecular formula is C21H15NO4. The number of amides is 2. The van der Waals surface area contributed by atoms with Crippen LogP contribution in [0.1, 0.15) is 31.1 Å². The Hall–Kier alpha value is -3.73. The molecule has 3 rings (SSSR count). The summed E-state index contributed by atoms with van der Waals surface area (Å²) < 4.78 is 0. The Balaban J connectivity index is 1.92. The average Bonchev–Trinajstić information content (AvgIpc) is 2.73. The van der Waals surface area contributed by atoms with Crippen molar-refractivity contribution in [1.82, 2.24) is 5.06 Å². The van der Waals surface area contributed by atoms with Gasteiger partial charge in [0.15, 0.2) is 0 Å². The minimum Gasteiger partial charge on any atom is -0.324 e. The molecule has 0 aliphatic heterocycles. The molecule has 0 N–H and O–H groups in total. The van der Waals surface area contributed by atoms with Gasteiger partial charge >= 0.3 is 5.97 Å². The quantitative estimate of drug-likeness (QED) is 0.536. The van der Waals surface area contributed by atoms with Gasteiger partial charge in [-0.25, -0.2) is 4.79 Å². The summed E-state index contributed by atoms with van der Waals surface area (Å²) in [5, 5.41) is 0.500. The maximum Gasteiger partial charge on any atom is 0.363 e. The molecule has 2 amide bonds. The SMILES string of the molecule is O=C(ON(C(=O)c1ccccc1)C(=O)c1ccccc1)c1ccccc1. The van der Waals surface area contributed by atoms with Crippen LogP contribution in [0.3, 0.4) is 0 Å². The predicted molar refractivity (Wildman–Crippen MR) is 95.2 cm³/mol. The fourth-order valence-corrected chi connectivity index (χ4v) is 2.28. The zero-order valence-corrected chi connectivity index (χ0v) is 13.7. The van der Waals surface area contributed by atoms with Crippen molar-refractivity contribution in [2.75, 3.05) is 0 Å². The monoisotopic (exact) mass is 345 g/mol. The first-order valence-electron chi connectivity index (χ1n) is 7.93. The molecule has 0 radical (unpaired) electrons. The summed E-state index contributed by atoms with van der Waals surface area (Å²) in [4.78, 5) is 43.0. The maximum atomic E-state index is 12.8. The van der Waals surface area contributed by atoms with Gasteiger partial charge in [-0.15, -0.1) is 0 Å². The molecule has 3 aromatic rings. The number of nitrogens with zero attached hydrogens (tertiary/aromatic N) is 1. The van der Waals surface area contributed by atoms with Crippen LogP contribution in [0, 0.1) is 0 Å². The number of carbonyl (C=O) groups excluding carboxylic acids is 3. The van der Waals surface area contributed by atoms with Gasteiger partial charge in [-0.1, -0.05) is 59.7 Å². The lowest BCUT2D eigenvalue weighted by Crippen LogP contribution is -2.39. The van der Waals surface area contributed by atoms with Gasteiger partial charge in [0.25, 0.3) is 11.8 Å². The van der Waals surface area contributed by atoms with Gasteiger partial charge in [-0.2, -0.15) is 0 Å². The molecule has 0 aliphatic carbocycles. The largest absolute Gasteiger partial charge is 0.363 e. The zero-order chi connectivity index (χ0) is 18.4. The van der Waals surface area contributed by atoms with Gasteiger partial charge in [-0.3, -0.25) is 9.59 Å². The third kappa shape index (κ3) is 3.84. The summed E-state index contributed by atoms with van der Waals surface area (Å²) in [6, 6.07) is 24.5. The number of hydrogen-bond donors (Lipinski definition) is 0. The van der Waals surface area contributed by atoms with Crippen LogP contribution in [0.4, 0.5) is 0 Å². The molecule has 0 heterocycles. The zero-order valence-electron chi connectivity index (χ0n) is 13.7. The first-order valence-corrected chi connectivity index (χ1v) is 7.93. The van der Waals surface area contributed by atoms with Gasteiger partial charge in [0.05, 0.1) is 5.56 Å². The van der Waals surface area contributed by atoms with E-state index in [0.717, 1.165) is 0 Å². The van der Waals surface area contributed by atoms with Crippen molar-refractivity contribution in [3.8, 4) is 0 Å². The van der Waals surface area contributed by atoms with E-state index in [1.807, 2.05) is 0 Å². The number of imide groups is 1. The summed E-state index contributed by atoms with van der Waals surface area (Å²) >= 11 is 0. The highest BCUT2D eigenvalue weighted by molar-refractivity contribution is 6.10. The van der Waals surface area contributed by atoms with E-state index in [2.05, 4.69) is 0 Å². The lowest BCUT2D eigenvalue weighted by molar-refractivity contribution is -0.0616. The molecule has 0 bridgehead atoms. The minimum absolute atomic E-state index is 0.234. The van der Waals surface area contributed by atoms with Gasteiger partial charge in [-0.05, 0) is 36.4 Å². The summed E-state index contributed by atoms with van der Waals surface area (Å²) in [6.45, 7) is 0. The van der Waals surface area contributed by atoms with Crippen molar-refractivity contribution in [2.45, 2.75) is 0 Å². The molecular weight excluding hydrogens is 330 g/mol. The molecule has 0 atom stereocenters. The second kappa shape index (κ2) is 7.90. The summed E-state index contributed by atoms with van der Waals surface area (Å²) in [6.07, 6.45) is 0. The highest BCUT2D eigenvalue weighted by Gasteiger charge is 2.29. The summed E-state index contributed by atoms with van der Waals surface area (Å²) in [7, 11) is 0. The molecule has 128 valence electrons. The van der Waals surface area contributed by atoms with Crippen LogP contribution in [0.25, 0.3) is 0 Å². The highest BCUT2D eigenvalue weighted by Crippen LogP contribution is 2.13. The van der Waals surface area contributed by atoms with E-state index >= 15 is 0 Å². The van der Waals surface area contributed by atoms with Crippen LogP contribution in [-0.2, 0) is 4.84 Å². The topological polar surface area (TPSA) is 63.7 Å². The smallest absolute Gasteiger partial charge is 0.324 e. The van der Waals surface area contributed by atoms with Crippen LogP contribution < -0.4 is 0 Å². The number of hydrogen-bond acceptors (Lipinski definition) is 4. The van der Waals surface area contributed by atoms with Gasteiger partial charge < -0.3 is 4.84 Å². The van der Waals surface area contributed by atoms with Gasteiger partial charge in [0.2, 0.25) is 0 Å². The maximum absolute atomic E-state index is 12.8.